The van der Waals surface area contributed by atoms with E-state index in [1.165, 1.54) is 31.7 Å². The van der Waals surface area contributed by atoms with Gasteiger partial charge in [-0.2, -0.15) is 0 Å². The van der Waals surface area contributed by atoms with E-state index in [9.17, 15) is 10.1 Å². The zero-order valence-corrected chi connectivity index (χ0v) is 10.2. The summed E-state index contributed by atoms with van der Waals surface area (Å²) in [6.07, 6.45) is 5.36. The first kappa shape index (κ1) is 11.3. The van der Waals surface area contributed by atoms with E-state index < -0.39 is 4.92 Å². The van der Waals surface area contributed by atoms with Crippen LogP contribution in [0.25, 0.3) is 0 Å². The second-order valence-electron chi connectivity index (χ2n) is 5.52. The van der Waals surface area contributed by atoms with E-state index in [1.54, 1.807) is 12.1 Å². The van der Waals surface area contributed by atoms with Crippen LogP contribution >= 0.6 is 0 Å². The molecule has 1 aromatic carbocycles. The van der Waals surface area contributed by atoms with Crippen LogP contribution in [0.4, 0.5) is 17.1 Å². The maximum atomic E-state index is 10.7. The number of hydrogen-bond acceptors (Lipinski definition) is 4. The summed E-state index contributed by atoms with van der Waals surface area (Å²) in [4.78, 5) is 10.2. The summed E-state index contributed by atoms with van der Waals surface area (Å²) >= 11 is 0. The molecule has 3 N–H and O–H groups in total. The predicted octanol–water partition coefficient (Wildman–Crippen LogP) is 2.78. The molecule has 96 valence electrons. The Balaban J connectivity index is 1.66. The molecule has 0 bridgehead atoms. The number of anilines is 2. The van der Waals surface area contributed by atoms with Gasteiger partial charge in [-0.25, -0.2) is 0 Å². The molecule has 2 saturated carbocycles. The molecular formula is C13H17N3O2. The first-order valence-corrected chi connectivity index (χ1v) is 6.38. The summed E-state index contributed by atoms with van der Waals surface area (Å²) in [5, 5.41) is 14.0. The van der Waals surface area contributed by atoms with Gasteiger partial charge in [0, 0.05) is 18.3 Å². The Morgan fingerprint density at radius 2 is 2.17 bits per heavy atom. The lowest BCUT2D eigenvalue weighted by molar-refractivity contribution is -0.383. The Hall–Kier alpha value is -1.78. The van der Waals surface area contributed by atoms with Crippen LogP contribution in [0.3, 0.4) is 0 Å². The van der Waals surface area contributed by atoms with Gasteiger partial charge in [-0.05, 0) is 49.1 Å². The summed E-state index contributed by atoms with van der Waals surface area (Å²) in [5.74, 6) is 0.903. The number of nitrogens with two attached hydrogens (primary N) is 1. The number of hydrogen-bond donors (Lipinski definition) is 2. The summed E-state index contributed by atoms with van der Waals surface area (Å²) in [6.45, 7) is 0.967. The number of nitro benzene ring substituents is 1. The molecule has 0 aromatic heterocycles. The van der Waals surface area contributed by atoms with Crippen molar-refractivity contribution in [3.8, 4) is 0 Å². The Kier molecular flexibility index (Phi) is 2.43. The number of nitro groups is 1. The standard InChI is InChI=1S/C13H17N3O2/c14-11-7-10(3-4-12(11)16(17)18)15-8-13(5-6-13)9-1-2-9/h3-4,7,9,15H,1-2,5-6,8,14H2. The normalized spacial score (nSPS) is 20.4. The molecule has 0 amide bonds. The van der Waals surface area contributed by atoms with Gasteiger partial charge < -0.3 is 11.1 Å². The molecule has 2 aliphatic rings. The zero-order chi connectivity index (χ0) is 12.8. The highest BCUT2D eigenvalue weighted by atomic mass is 16.6. The van der Waals surface area contributed by atoms with Crippen molar-refractivity contribution in [1.29, 1.82) is 0 Å². The van der Waals surface area contributed by atoms with Gasteiger partial charge in [-0.3, -0.25) is 10.1 Å². The lowest BCUT2D eigenvalue weighted by atomic mass is 10.0. The Morgan fingerprint density at radius 1 is 1.44 bits per heavy atom. The van der Waals surface area contributed by atoms with E-state index in [2.05, 4.69) is 5.32 Å². The van der Waals surface area contributed by atoms with E-state index in [0.717, 1.165) is 18.2 Å². The molecule has 5 nitrogen and oxygen atoms in total. The van der Waals surface area contributed by atoms with E-state index in [-0.39, 0.29) is 11.4 Å². The molecule has 18 heavy (non-hydrogen) atoms. The van der Waals surface area contributed by atoms with Crippen molar-refractivity contribution < 1.29 is 4.92 Å². The molecular weight excluding hydrogens is 230 g/mol. The predicted molar refractivity (Wildman–Crippen MR) is 70.4 cm³/mol. The van der Waals surface area contributed by atoms with Crippen molar-refractivity contribution in [1.82, 2.24) is 0 Å². The second-order valence-corrected chi connectivity index (χ2v) is 5.52. The largest absolute Gasteiger partial charge is 0.393 e. The molecule has 0 atom stereocenters. The fourth-order valence-corrected chi connectivity index (χ4v) is 2.69. The van der Waals surface area contributed by atoms with Crippen LogP contribution in [0, 0.1) is 21.4 Å². The van der Waals surface area contributed by atoms with Crippen molar-refractivity contribution in [3.63, 3.8) is 0 Å². The van der Waals surface area contributed by atoms with Crippen molar-refractivity contribution in [2.75, 3.05) is 17.6 Å². The molecule has 0 spiro atoms. The zero-order valence-electron chi connectivity index (χ0n) is 10.2. The highest BCUT2D eigenvalue weighted by Crippen LogP contribution is 2.61. The van der Waals surface area contributed by atoms with Crippen LogP contribution in [-0.2, 0) is 0 Å². The molecule has 5 heteroatoms. The number of nitrogens with zero attached hydrogens (tertiary/aromatic N) is 1. The third-order valence-corrected chi connectivity index (χ3v) is 4.20. The van der Waals surface area contributed by atoms with Crippen molar-refractivity contribution in [3.05, 3.63) is 28.3 Å². The van der Waals surface area contributed by atoms with E-state index in [0.29, 0.717) is 5.41 Å². The molecule has 2 fully saturated rings. The second kappa shape index (κ2) is 3.86. The van der Waals surface area contributed by atoms with Crippen LogP contribution < -0.4 is 11.1 Å². The van der Waals surface area contributed by atoms with E-state index >= 15 is 0 Å². The van der Waals surface area contributed by atoms with Gasteiger partial charge in [0.05, 0.1) is 4.92 Å². The topological polar surface area (TPSA) is 81.2 Å². The molecule has 1 aromatic rings. The highest BCUT2D eigenvalue weighted by Gasteiger charge is 2.53. The third-order valence-electron chi connectivity index (χ3n) is 4.20. The molecule has 0 heterocycles. The van der Waals surface area contributed by atoms with Crippen LogP contribution in [0.2, 0.25) is 0 Å². The van der Waals surface area contributed by atoms with Crippen molar-refractivity contribution in [2.45, 2.75) is 25.7 Å². The average molecular weight is 247 g/mol. The third kappa shape index (κ3) is 2.00. The summed E-state index contributed by atoms with van der Waals surface area (Å²) in [7, 11) is 0. The lowest BCUT2D eigenvalue weighted by Gasteiger charge is -2.16. The maximum Gasteiger partial charge on any atom is 0.292 e. The van der Waals surface area contributed by atoms with Crippen molar-refractivity contribution in [2.24, 2.45) is 11.3 Å². The van der Waals surface area contributed by atoms with Gasteiger partial charge in [-0.1, -0.05) is 0 Å². The smallest absolute Gasteiger partial charge is 0.292 e. The fraction of sp³-hybridized carbons (Fsp3) is 0.538. The van der Waals surface area contributed by atoms with Crippen LogP contribution in [0.15, 0.2) is 18.2 Å². The SMILES string of the molecule is Nc1cc(NCC2(C3CC3)CC2)ccc1[N+](=O)[O-]. The average Bonchev–Trinajstić information content (AvgIpc) is 3.17. The van der Waals surface area contributed by atoms with Gasteiger partial charge in [0.1, 0.15) is 5.69 Å². The first-order valence-electron chi connectivity index (χ1n) is 6.38. The van der Waals surface area contributed by atoms with Crippen LogP contribution in [0.5, 0.6) is 0 Å². The van der Waals surface area contributed by atoms with E-state index in [1.807, 2.05) is 0 Å². The van der Waals surface area contributed by atoms with Gasteiger partial charge in [-0.15, -0.1) is 0 Å². The van der Waals surface area contributed by atoms with Crippen molar-refractivity contribution >= 4 is 17.1 Å². The Labute approximate surface area is 106 Å². The molecule has 2 aliphatic carbocycles. The van der Waals surface area contributed by atoms with Gasteiger partial charge in [0.25, 0.3) is 5.69 Å². The number of rotatable bonds is 5. The number of nitrogens with one attached hydrogen (secondary N) is 1. The first-order chi connectivity index (χ1) is 8.61. The molecule has 0 saturated heterocycles. The summed E-state index contributed by atoms with van der Waals surface area (Å²) < 4.78 is 0. The molecule has 0 unspecified atom stereocenters. The number of benzene rings is 1. The van der Waals surface area contributed by atoms with Crippen LogP contribution in [-0.4, -0.2) is 11.5 Å². The van der Waals surface area contributed by atoms with E-state index in [4.69, 9.17) is 5.73 Å². The molecule has 3 rings (SSSR count). The summed E-state index contributed by atoms with van der Waals surface area (Å²) in [5.41, 5.74) is 7.26. The van der Waals surface area contributed by atoms with Gasteiger partial charge in [0.2, 0.25) is 0 Å². The Bertz CT molecular complexity index is 493. The fourth-order valence-electron chi connectivity index (χ4n) is 2.69. The number of nitrogen functional groups attached to an aromatic ring is 1. The van der Waals surface area contributed by atoms with Crippen LogP contribution in [0.1, 0.15) is 25.7 Å². The molecule has 0 aliphatic heterocycles. The van der Waals surface area contributed by atoms with Gasteiger partial charge >= 0.3 is 0 Å². The summed E-state index contributed by atoms with van der Waals surface area (Å²) in [6, 6.07) is 4.85. The minimum atomic E-state index is -0.453. The Morgan fingerprint density at radius 3 is 2.67 bits per heavy atom. The lowest BCUT2D eigenvalue weighted by Crippen LogP contribution is -2.17. The minimum Gasteiger partial charge on any atom is -0.393 e. The van der Waals surface area contributed by atoms with Gasteiger partial charge in [0.15, 0.2) is 0 Å². The maximum absolute atomic E-state index is 10.7. The minimum absolute atomic E-state index is 0.0242. The monoisotopic (exact) mass is 247 g/mol. The quantitative estimate of drug-likeness (QED) is 0.476. The molecule has 0 radical (unpaired) electrons. The highest BCUT2D eigenvalue weighted by molar-refractivity contribution is 5.65.